The van der Waals surface area contributed by atoms with Crippen molar-refractivity contribution in [2.75, 3.05) is 6.54 Å². The summed E-state index contributed by atoms with van der Waals surface area (Å²) in [6.07, 6.45) is 6.35. The normalized spacial score (nSPS) is 15.9. The quantitative estimate of drug-likeness (QED) is 0.294. The van der Waals surface area contributed by atoms with Crippen LogP contribution >= 0.6 is 11.3 Å². The number of phenols is 1. The molecule has 1 N–H and O–H groups in total. The second-order valence-electron chi connectivity index (χ2n) is 8.28. The van der Waals surface area contributed by atoms with Gasteiger partial charge in [0.1, 0.15) is 10.8 Å². The Bertz CT molecular complexity index is 1200. The molecule has 1 aliphatic rings. The fraction of sp³-hybridized carbons (Fsp3) is 0.250. The van der Waals surface area contributed by atoms with Crippen LogP contribution < -0.4 is 0 Å². The Kier molecular flexibility index (Phi) is 7.30. The predicted molar refractivity (Wildman–Crippen MR) is 137 cm³/mol. The van der Waals surface area contributed by atoms with Crippen molar-refractivity contribution in [2.45, 2.75) is 33.1 Å². The number of carbonyl (C=O) groups excluding carboxylic acids is 1. The smallest absolute Gasteiger partial charge is 0.203 e. The molecule has 0 saturated heterocycles. The fourth-order valence-corrected chi connectivity index (χ4v) is 4.87. The molecule has 0 fully saturated rings. The third kappa shape index (κ3) is 5.37. The lowest BCUT2D eigenvalue weighted by molar-refractivity contribution is -0.109. The minimum absolute atomic E-state index is 0.0364. The summed E-state index contributed by atoms with van der Waals surface area (Å²) in [5.74, 6) is 0.288. The van der Waals surface area contributed by atoms with Crippen LogP contribution in [0.1, 0.15) is 37.9 Å². The zero-order chi connectivity index (χ0) is 23.2. The molecule has 1 atom stereocenters. The summed E-state index contributed by atoms with van der Waals surface area (Å²) in [5.41, 5.74) is 5.96. The number of nitrogens with zero attached hydrogens (tertiary/aromatic N) is 2. The molecule has 1 unspecified atom stereocenters. The summed E-state index contributed by atoms with van der Waals surface area (Å²) in [6.45, 7) is 4.85. The van der Waals surface area contributed by atoms with Crippen LogP contribution in [0.5, 0.6) is 5.75 Å². The Morgan fingerprint density at radius 2 is 1.91 bits per heavy atom. The maximum absolute atomic E-state index is 13.0. The summed E-state index contributed by atoms with van der Waals surface area (Å²) in [6, 6.07) is 17.4. The topological polar surface area (TPSA) is 62.5 Å². The number of allylic oxidation sites excluding steroid dienone is 4. The van der Waals surface area contributed by atoms with E-state index in [0.717, 1.165) is 52.2 Å². The van der Waals surface area contributed by atoms with Gasteiger partial charge < -0.3 is 5.11 Å². The molecule has 4 nitrogen and oxygen atoms in total. The van der Waals surface area contributed by atoms with Crippen molar-refractivity contribution in [1.82, 2.24) is 4.98 Å². The molecule has 5 heteroatoms. The van der Waals surface area contributed by atoms with Crippen molar-refractivity contribution < 1.29 is 9.90 Å². The molecule has 0 saturated carbocycles. The number of aliphatic imine (C=N–C) groups is 1. The highest BCUT2D eigenvalue weighted by Gasteiger charge is 2.30. The Labute approximate surface area is 199 Å². The molecule has 0 spiro atoms. The Morgan fingerprint density at radius 1 is 1.15 bits per heavy atom. The van der Waals surface area contributed by atoms with Crippen LogP contribution in [0.3, 0.4) is 0 Å². The molecule has 33 heavy (non-hydrogen) atoms. The third-order valence-corrected chi connectivity index (χ3v) is 6.83. The van der Waals surface area contributed by atoms with Crippen molar-refractivity contribution in [3.8, 4) is 16.3 Å². The first-order chi connectivity index (χ1) is 16.1. The maximum Gasteiger partial charge on any atom is 0.203 e. The highest BCUT2D eigenvalue weighted by atomic mass is 32.1. The number of aromatic nitrogens is 1. The number of hydrogen-bond donors (Lipinski definition) is 1. The van der Waals surface area contributed by atoms with Gasteiger partial charge in [-0.1, -0.05) is 49.2 Å². The zero-order valence-electron chi connectivity index (χ0n) is 19.0. The highest BCUT2D eigenvalue weighted by Crippen LogP contribution is 2.41. The van der Waals surface area contributed by atoms with Gasteiger partial charge in [-0.3, -0.25) is 9.79 Å². The van der Waals surface area contributed by atoms with Crippen LogP contribution in [0, 0.1) is 5.92 Å². The molecule has 1 heterocycles. The number of aromatic hydroxyl groups is 1. The van der Waals surface area contributed by atoms with Crippen LogP contribution in [0.2, 0.25) is 0 Å². The zero-order valence-corrected chi connectivity index (χ0v) is 19.8. The van der Waals surface area contributed by atoms with Gasteiger partial charge in [-0.15, -0.1) is 11.3 Å². The molecular formula is C28H28N2O2S. The number of benzene rings is 2. The minimum Gasteiger partial charge on any atom is -0.508 e. The van der Waals surface area contributed by atoms with Gasteiger partial charge in [0.15, 0.2) is 0 Å². The molecule has 4 rings (SSSR count). The molecule has 0 bridgehead atoms. The van der Waals surface area contributed by atoms with Crippen molar-refractivity contribution in [1.29, 1.82) is 0 Å². The van der Waals surface area contributed by atoms with Crippen molar-refractivity contribution >= 4 is 28.9 Å². The van der Waals surface area contributed by atoms with E-state index in [2.05, 4.69) is 36.4 Å². The molecular weight excluding hydrogens is 428 g/mol. The average Bonchev–Trinajstić information content (AvgIpc) is 3.43. The van der Waals surface area contributed by atoms with Gasteiger partial charge in [-0.05, 0) is 61.2 Å². The molecule has 0 aliphatic heterocycles. The highest BCUT2D eigenvalue weighted by molar-refractivity contribution is 7.13. The number of Topliss-reactive ketones (excluding diaryl/α,β-unsaturated/α-hetero) is 1. The molecule has 3 aromatic rings. The van der Waals surface area contributed by atoms with Gasteiger partial charge in [0.05, 0.1) is 11.9 Å². The van der Waals surface area contributed by atoms with Gasteiger partial charge in [0, 0.05) is 29.0 Å². The van der Waals surface area contributed by atoms with Gasteiger partial charge in [0.25, 0.3) is 0 Å². The maximum atomic E-state index is 13.0. The van der Waals surface area contributed by atoms with E-state index < -0.39 is 0 Å². The number of hydrogen-bond acceptors (Lipinski definition) is 5. The van der Waals surface area contributed by atoms with Crippen LogP contribution in [0.15, 0.2) is 82.2 Å². The number of thiazole rings is 1. The Morgan fingerprint density at radius 3 is 2.64 bits per heavy atom. The molecule has 1 aliphatic carbocycles. The predicted octanol–water partition coefficient (Wildman–Crippen LogP) is 6.53. The molecule has 1 aromatic heterocycles. The molecule has 2 aromatic carbocycles. The monoisotopic (exact) mass is 456 g/mol. The molecule has 0 amide bonds. The van der Waals surface area contributed by atoms with Crippen molar-refractivity contribution in [2.24, 2.45) is 10.9 Å². The standard InChI is InChI=1S/C28H28N2O2S/c1-3-4-14-29-17-27(32)24-16-25(23(19(24)2)15-20-8-6-5-7-9-20)26-18-33-28(30-26)21-10-12-22(31)13-11-21/h5-13,16-18,23,31H,3-4,14-15H2,1-2H3. The Balaban J connectivity index is 1.66. The first-order valence-electron chi connectivity index (χ1n) is 11.3. The summed E-state index contributed by atoms with van der Waals surface area (Å²) in [5, 5.41) is 12.5. The summed E-state index contributed by atoms with van der Waals surface area (Å²) >= 11 is 1.57. The molecule has 168 valence electrons. The second kappa shape index (κ2) is 10.5. The minimum atomic E-state index is -0.0364. The lowest BCUT2D eigenvalue weighted by Gasteiger charge is -2.16. The lowest BCUT2D eigenvalue weighted by atomic mass is 9.88. The van der Waals surface area contributed by atoms with Gasteiger partial charge in [0.2, 0.25) is 5.78 Å². The largest absolute Gasteiger partial charge is 0.508 e. The number of rotatable bonds is 9. The fourth-order valence-electron chi connectivity index (χ4n) is 4.03. The van der Waals surface area contributed by atoms with E-state index in [4.69, 9.17) is 4.98 Å². The number of ketones is 1. The summed E-state index contributed by atoms with van der Waals surface area (Å²) in [7, 11) is 0. The van der Waals surface area contributed by atoms with E-state index in [1.54, 1.807) is 23.5 Å². The van der Waals surface area contributed by atoms with Crippen LogP contribution in [-0.2, 0) is 11.2 Å². The SMILES string of the molecule is CCCCN=CC(=O)C1=C(C)C(Cc2ccccc2)C(c2csc(-c3ccc(O)cc3)n2)=C1. The number of phenolic OH excluding ortho intramolecular Hbond substituents is 1. The average molecular weight is 457 g/mol. The number of unbranched alkanes of at least 4 members (excludes halogenated alkanes) is 1. The van der Waals surface area contributed by atoms with Crippen molar-refractivity contribution in [3.05, 3.63) is 88.5 Å². The molecule has 0 radical (unpaired) electrons. The van der Waals surface area contributed by atoms with E-state index in [9.17, 15) is 9.90 Å². The van der Waals surface area contributed by atoms with E-state index >= 15 is 0 Å². The van der Waals surface area contributed by atoms with Crippen LogP contribution in [-0.4, -0.2) is 28.6 Å². The third-order valence-electron chi connectivity index (χ3n) is 5.93. The van der Waals surface area contributed by atoms with Gasteiger partial charge >= 0.3 is 0 Å². The van der Waals surface area contributed by atoms with E-state index in [1.165, 1.54) is 11.8 Å². The van der Waals surface area contributed by atoms with Crippen LogP contribution in [0.25, 0.3) is 16.1 Å². The van der Waals surface area contributed by atoms with E-state index in [-0.39, 0.29) is 17.5 Å². The summed E-state index contributed by atoms with van der Waals surface area (Å²) < 4.78 is 0. The van der Waals surface area contributed by atoms with E-state index in [0.29, 0.717) is 6.54 Å². The summed E-state index contributed by atoms with van der Waals surface area (Å²) in [4.78, 5) is 22.2. The van der Waals surface area contributed by atoms with E-state index in [1.807, 2.05) is 36.4 Å². The number of carbonyl (C=O) groups is 1. The second-order valence-corrected chi connectivity index (χ2v) is 9.13. The van der Waals surface area contributed by atoms with Gasteiger partial charge in [-0.2, -0.15) is 0 Å². The van der Waals surface area contributed by atoms with Crippen molar-refractivity contribution in [3.63, 3.8) is 0 Å². The lowest BCUT2D eigenvalue weighted by Crippen LogP contribution is -2.09. The van der Waals surface area contributed by atoms with Crippen LogP contribution in [0.4, 0.5) is 0 Å². The van der Waals surface area contributed by atoms with Gasteiger partial charge in [-0.25, -0.2) is 4.98 Å². The first-order valence-corrected chi connectivity index (χ1v) is 12.2. The Hall–Kier alpha value is -3.31. The first kappa shape index (κ1) is 22.9.